The van der Waals surface area contributed by atoms with E-state index in [4.69, 9.17) is 4.74 Å². The minimum absolute atomic E-state index is 0.157. The van der Waals surface area contributed by atoms with Gasteiger partial charge in [-0.25, -0.2) is 4.79 Å². The Balaban J connectivity index is 1.71. The van der Waals surface area contributed by atoms with Crippen LogP contribution in [-0.2, 0) is 16.0 Å². The highest BCUT2D eigenvalue weighted by Gasteiger charge is 2.24. The Morgan fingerprint density at radius 2 is 1.65 bits per heavy atom. The summed E-state index contributed by atoms with van der Waals surface area (Å²) in [7, 11) is 0. The van der Waals surface area contributed by atoms with E-state index in [-0.39, 0.29) is 12.0 Å². The number of amides is 2. The molecule has 0 atom stereocenters. The number of piperazine rings is 1. The highest BCUT2D eigenvalue weighted by molar-refractivity contribution is 5.77. The fraction of sp³-hybridized carbons (Fsp3) is 0.556. The zero-order valence-electron chi connectivity index (χ0n) is 14.0. The van der Waals surface area contributed by atoms with Gasteiger partial charge in [-0.1, -0.05) is 44.2 Å². The summed E-state index contributed by atoms with van der Waals surface area (Å²) in [5.41, 5.74) is 1.18. The first-order chi connectivity index (χ1) is 11.1. The first-order valence-electron chi connectivity index (χ1n) is 8.29. The van der Waals surface area contributed by atoms with Crippen molar-refractivity contribution in [1.82, 2.24) is 9.80 Å². The number of nitrogens with zero attached hydrogens (tertiary/aromatic N) is 2. The quantitative estimate of drug-likeness (QED) is 0.838. The van der Waals surface area contributed by atoms with Gasteiger partial charge in [-0.3, -0.25) is 4.79 Å². The standard InChI is InChI=1S/C18H26N2O3/c1-15(2)14-23-18(22)20-12-10-19(11-13-20)17(21)9-8-16-6-4-3-5-7-16/h3-7,15H,8-14H2,1-2H3. The molecule has 1 aliphatic heterocycles. The Bertz CT molecular complexity index is 508. The minimum Gasteiger partial charge on any atom is -0.449 e. The summed E-state index contributed by atoms with van der Waals surface area (Å²) < 4.78 is 5.23. The maximum atomic E-state index is 12.3. The molecule has 2 amide bonds. The maximum Gasteiger partial charge on any atom is 0.409 e. The van der Waals surface area contributed by atoms with Crippen molar-refractivity contribution in [2.75, 3.05) is 32.8 Å². The molecule has 0 saturated carbocycles. The van der Waals surface area contributed by atoms with Crippen LogP contribution in [-0.4, -0.2) is 54.6 Å². The lowest BCUT2D eigenvalue weighted by Gasteiger charge is -2.34. The molecule has 126 valence electrons. The van der Waals surface area contributed by atoms with E-state index in [1.165, 1.54) is 5.56 Å². The maximum absolute atomic E-state index is 12.3. The van der Waals surface area contributed by atoms with Crippen molar-refractivity contribution in [3.8, 4) is 0 Å². The van der Waals surface area contributed by atoms with Gasteiger partial charge < -0.3 is 14.5 Å². The molecule has 5 nitrogen and oxygen atoms in total. The Morgan fingerprint density at radius 1 is 1.04 bits per heavy atom. The third kappa shape index (κ3) is 5.58. The molecule has 5 heteroatoms. The summed E-state index contributed by atoms with van der Waals surface area (Å²) in [6, 6.07) is 10.0. The number of carbonyl (C=O) groups excluding carboxylic acids is 2. The second-order valence-electron chi connectivity index (χ2n) is 6.32. The molecular weight excluding hydrogens is 292 g/mol. The van der Waals surface area contributed by atoms with Crippen LogP contribution in [0.25, 0.3) is 0 Å². The average Bonchev–Trinajstić information content (AvgIpc) is 2.58. The topological polar surface area (TPSA) is 49.9 Å². The van der Waals surface area contributed by atoms with Crippen molar-refractivity contribution in [2.24, 2.45) is 5.92 Å². The van der Waals surface area contributed by atoms with Crippen LogP contribution in [0, 0.1) is 5.92 Å². The second kappa shape index (κ2) is 8.56. The van der Waals surface area contributed by atoms with Gasteiger partial charge >= 0.3 is 6.09 Å². The van der Waals surface area contributed by atoms with Crippen molar-refractivity contribution < 1.29 is 14.3 Å². The first-order valence-corrected chi connectivity index (χ1v) is 8.29. The smallest absolute Gasteiger partial charge is 0.409 e. The van der Waals surface area contributed by atoms with Gasteiger partial charge in [-0.05, 0) is 17.9 Å². The van der Waals surface area contributed by atoms with Crippen molar-refractivity contribution in [2.45, 2.75) is 26.7 Å². The molecule has 23 heavy (non-hydrogen) atoms. The predicted molar refractivity (Wildman–Crippen MR) is 89.1 cm³/mol. The minimum atomic E-state index is -0.268. The lowest BCUT2D eigenvalue weighted by Crippen LogP contribution is -2.50. The molecule has 1 aromatic carbocycles. The van der Waals surface area contributed by atoms with Gasteiger partial charge in [0.2, 0.25) is 5.91 Å². The van der Waals surface area contributed by atoms with E-state index in [2.05, 4.69) is 0 Å². The van der Waals surface area contributed by atoms with E-state index in [1.54, 1.807) is 4.90 Å². The molecule has 0 spiro atoms. The van der Waals surface area contributed by atoms with E-state index in [9.17, 15) is 9.59 Å². The predicted octanol–water partition coefficient (Wildman–Crippen LogP) is 2.56. The molecule has 1 aromatic rings. The summed E-state index contributed by atoms with van der Waals surface area (Å²) in [5.74, 6) is 0.490. The third-order valence-corrected chi connectivity index (χ3v) is 3.90. The van der Waals surface area contributed by atoms with Gasteiger partial charge in [0.05, 0.1) is 6.61 Å². The summed E-state index contributed by atoms with van der Waals surface area (Å²) in [4.78, 5) is 27.7. The average molecular weight is 318 g/mol. The van der Waals surface area contributed by atoms with Crippen LogP contribution >= 0.6 is 0 Å². The summed E-state index contributed by atoms with van der Waals surface area (Å²) >= 11 is 0. The number of aryl methyl sites for hydroxylation is 1. The molecule has 0 aliphatic carbocycles. The summed E-state index contributed by atoms with van der Waals surface area (Å²) in [5, 5.41) is 0. The van der Waals surface area contributed by atoms with Gasteiger partial charge in [0.25, 0.3) is 0 Å². The van der Waals surface area contributed by atoms with Crippen LogP contribution in [0.1, 0.15) is 25.8 Å². The van der Waals surface area contributed by atoms with Crippen LogP contribution in [0.3, 0.4) is 0 Å². The van der Waals surface area contributed by atoms with E-state index in [0.717, 1.165) is 6.42 Å². The number of ether oxygens (including phenoxy) is 1. The Hall–Kier alpha value is -2.04. The van der Waals surface area contributed by atoms with E-state index in [1.807, 2.05) is 49.1 Å². The number of hydrogen-bond acceptors (Lipinski definition) is 3. The van der Waals surface area contributed by atoms with Crippen LogP contribution in [0.2, 0.25) is 0 Å². The second-order valence-corrected chi connectivity index (χ2v) is 6.32. The summed E-state index contributed by atoms with van der Waals surface area (Å²) in [6.07, 6.45) is 1.01. The summed E-state index contributed by atoms with van der Waals surface area (Å²) in [6.45, 7) is 6.74. The third-order valence-electron chi connectivity index (χ3n) is 3.90. The number of benzene rings is 1. The first kappa shape index (κ1) is 17.3. The Morgan fingerprint density at radius 3 is 2.26 bits per heavy atom. The highest BCUT2D eigenvalue weighted by Crippen LogP contribution is 2.09. The monoisotopic (exact) mass is 318 g/mol. The molecule has 0 unspecified atom stereocenters. The molecule has 0 aromatic heterocycles. The van der Waals surface area contributed by atoms with Crippen LogP contribution in [0.5, 0.6) is 0 Å². The highest BCUT2D eigenvalue weighted by atomic mass is 16.6. The number of hydrogen-bond donors (Lipinski definition) is 0. The van der Waals surface area contributed by atoms with Crippen LogP contribution < -0.4 is 0 Å². The lowest BCUT2D eigenvalue weighted by atomic mass is 10.1. The Kier molecular flexibility index (Phi) is 6.44. The van der Waals surface area contributed by atoms with Gasteiger partial charge in [0, 0.05) is 32.6 Å². The molecule has 1 heterocycles. The Labute approximate surface area is 138 Å². The number of rotatable bonds is 5. The molecule has 1 saturated heterocycles. The molecule has 1 fully saturated rings. The molecule has 1 aliphatic rings. The van der Waals surface area contributed by atoms with Gasteiger partial charge in [0.1, 0.15) is 0 Å². The molecule has 0 N–H and O–H groups in total. The zero-order chi connectivity index (χ0) is 16.7. The fourth-order valence-corrected chi connectivity index (χ4v) is 2.52. The molecule has 2 rings (SSSR count). The van der Waals surface area contributed by atoms with Crippen LogP contribution in [0.15, 0.2) is 30.3 Å². The van der Waals surface area contributed by atoms with E-state index >= 15 is 0 Å². The van der Waals surface area contributed by atoms with E-state index in [0.29, 0.717) is 45.1 Å². The van der Waals surface area contributed by atoms with Crippen molar-refractivity contribution in [3.05, 3.63) is 35.9 Å². The van der Waals surface area contributed by atoms with Crippen molar-refractivity contribution in [1.29, 1.82) is 0 Å². The van der Waals surface area contributed by atoms with Gasteiger partial charge in [-0.2, -0.15) is 0 Å². The van der Waals surface area contributed by atoms with Crippen molar-refractivity contribution in [3.63, 3.8) is 0 Å². The lowest BCUT2D eigenvalue weighted by molar-refractivity contribution is -0.132. The van der Waals surface area contributed by atoms with E-state index < -0.39 is 0 Å². The largest absolute Gasteiger partial charge is 0.449 e. The van der Waals surface area contributed by atoms with Gasteiger partial charge in [0.15, 0.2) is 0 Å². The molecular formula is C18H26N2O3. The molecule has 0 radical (unpaired) electrons. The van der Waals surface area contributed by atoms with Crippen molar-refractivity contribution >= 4 is 12.0 Å². The normalized spacial score (nSPS) is 14.9. The van der Waals surface area contributed by atoms with Gasteiger partial charge in [-0.15, -0.1) is 0 Å². The SMILES string of the molecule is CC(C)COC(=O)N1CCN(C(=O)CCc2ccccc2)CC1. The number of carbonyl (C=O) groups is 2. The van der Waals surface area contributed by atoms with Crippen LogP contribution in [0.4, 0.5) is 4.79 Å². The molecule has 0 bridgehead atoms. The zero-order valence-corrected chi connectivity index (χ0v) is 14.0. The fourth-order valence-electron chi connectivity index (χ4n) is 2.52.